The fraction of sp³-hybridized carbons (Fsp3) is 0.391. The van der Waals surface area contributed by atoms with Crippen LogP contribution in [0, 0.1) is 0 Å². The van der Waals surface area contributed by atoms with Gasteiger partial charge in [0.15, 0.2) is 0 Å². The third-order valence-electron chi connectivity index (χ3n) is 5.09. The third kappa shape index (κ3) is 5.12. The van der Waals surface area contributed by atoms with Crippen LogP contribution < -0.4 is 10.6 Å². The molecule has 1 heterocycles. The monoisotopic (exact) mass is 379 g/mol. The summed E-state index contributed by atoms with van der Waals surface area (Å²) in [5.74, 6) is 0.338. The van der Waals surface area contributed by atoms with Gasteiger partial charge in [0.25, 0.3) is 5.91 Å². The molecular weight excluding hydrogens is 350 g/mol. The van der Waals surface area contributed by atoms with Gasteiger partial charge in [-0.2, -0.15) is 0 Å². The summed E-state index contributed by atoms with van der Waals surface area (Å²) >= 11 is 0. The van der Waals surface area contributed by atoms with E-state index in [0.717, 1.165) is 42.9 Å². The molecule has 0 bridgehead atoms. The smallest absolute Gasteiger partial charge is 0.253 e. The number of nitrogens with zero attached hydrogens (tertiary/aromatic N) is 1. The summed E-state index contributed by atoms with van der Waals surface area (Å²) < 4.78 is 0. The number of nitrogens with one attached hydrogen (secondary N) is 2. The van der Waals surface area contributed by atoms with Gasteiger partial charge in [0, 0.05) is 30.0 Å². The molecule has 1 aliphatic heterocycles. The lowest BCUT2D eigenvalue weighted by molar-refractivity contribution is -0.114. The highest BCUT2D eigenvalue weighted by Crippen LogP contribution is 2.23. The molecule has 0 radical (unpaired) electrons. The van der Waals surface area contributed by atoms with E-state index in [1.54, 1.807) is 0 Å². The fourth-order valence-electron chi connectivity index (χ4n) is 3.50. The van der Waals surface area contributed by atoms with Crippen LogP contribution in [0.3, 0.4) is 0 Å². The highest BCUT2D eigenvalue weighted by Gasteiger charge is 2.18. The molecule has 1 fully saturated rings. The zero-order valence-electron chi connectivity index (χ0n) is 16.7. The number of rotatable bonds is 6. The predicted molar refractivity (Wildman–Crippen MR) is 114 cm³/mol. The highest BCUT2D eigenvalue weighted by atomic mass is 16.2. The zero-order chi connectivity index (χ0) is 19.9. The molecule has 3 rings (SSSR count). The van der Waals surface area contributed by atoms with Crippen LogP contribution in [-0.2, 0) is 4.79 Å². The van der Waals surface area contributed by atoms with E-state index in [1.165, 1.54) is 6.42 Å². The van der Waals surface area contributed by atoms with Crippen molar-refractivity contribution in [1.29, 1.82) is 0 Å². The molecule has 1 aliphatic rings. The SMILES string of the molecule is CC(C)c1ccccc1NC(=O)CNc1ccc(C(=O)N2CCCCC2)cc1. The Morgan fingerprint density at radius 2 is 1.64 bits per heavy atom. The topological polar surface area (TPSA) is 61.4 Å². The Balaban J connectivity index is 1.53. The number of likely N-dealkylation sites (tertiary alicyclic amines) is 1. The number of anilines is 2. The number of carbonyl (C=O) groups excluding carboxylic acids is 2. The molecule has 0 saturated carbocycles. The van der Waals surface area contributed by atoms with Gasteiger partial charge in [-0.1, -0.05) is 32.0 Å². The number of hydrogen-bond donors (Lipinski definition) is 2. The fourth-order valence-corrected chi connectivity index (χ4v) is 3.50. The molecule has 2 aromatic rings. The molecule has 5 nitrogen and oxygen atoms in total. The normalized spacial score (nSPS) is 14.0. The molecule has 2 amide bonds. The number of hydrogen-bond acceptors (Lipinski definition) is 3. The predicted octanol–water partition coefficient (Wildman–Crippen LogP) is 4.49. The third-order valence-corrected chi connectivity index (χ3v) is 5.09. The van der Waals surface area contributed by atoms with Crippen molar-refractivity contribution in [2.24, 2.45) is 0 Å². The van der Waals surface area contributed by atoms with Gasteiger partial charge in [0.2, 0.25) is 5.91 Å². The molecule has 28 heavy (non-hydrogen) atoms. The molecule has 1 saturated heterocycles. The second-order valence-corrected chi connectivity index (χ2v) is 7.57. The van der Waals surface area contributed by atoms with Crippen LogP contribution >= 0.6 is 0 Å². The Morgan fingerprint density at radius 3 is 2.32 bits per heavy atom. The van der Waals surface area contributed by atoms with E-state index in [2.05, 4.69) is 24.5 Å². The number of piperidine rings is 1. The first-order valence-corrected chi connectivity index (χ1v) is 10.1. The molecule has 2 N–H and O–H groups in total. The Hall–Kier alpha value is -2.82. The first-order valence-electron chi connectivity index (χ1n) is 10.1. The van der Waals surface area contributed by atoms with Crippen molar-refractivity contribution in [3.05, 3.63) is 59.7 Å². The van der Waals surface area contributed by atoms with Crippen LogP contribution in [0.4, 0.5) is 11.4 Å². The lowest BCUT2D eigenvalue weighted by Crippen LogP contribution is -2.35. The van der Waals surface area contributed by atoms with E-state index < -0.39 is 0 Å². The van der Waals surface area contributed by atoms with Crippen LogP contribution in [0.15, 0.2) is 48.5 Å². The van der Waals surface area contributed by atoms with Crippen LogP contribution in [-0.4, -0.2) is 36.3 Å². The quantitative estimate of drug-likeness (QED) is 0.777. The van der Waals surface area contributed by atoms with E-state index in [9.17, 15) is 9.59 Å². The summed E-state index contributed by atoms with van der Waals surface area (Å²) in [6, 6.07) is 15.2. The second kappa shape index (κ2) is 9.40. The molecule has 0 aromatic heterocycles. The second-order valence-electron chi connectivity index (χ2n) is 7.57. The molecule has 2 aromatic carbocycles. The van der Waals surface area contributed by atoms with Gasteiger partial charge >= 0.3 is 0 Å². The zero-order valence-corrected chi connectivity index (χ0v) is 16.7. The van der Waals surface area contributed by atoms with E-state index in [1.807, 2.05) is 53.4 Å². The molecule has 0 aliphatic carbocycles. The summed E-state index contributed by atoms with van der Waals surface area (Å²) in [6.45, 7) is 6.07. The van der Waals surface area contributed by atoms with Crippen molar-refractivity contribution in [2.45, 2.75) is 39.0 Å². The minimum absolute atomic E-state index is 0.0919. The Bertz CT molecular complexity index is 809. The van der Waals surface area contributed by atoms with Gasteiger partial charge in [-0.15, -0.1) is 0 Å². The molecule has 148 valence electrons. The molecular formula is C23H29N3O2. The van der Waals surface area contributed by atoms with Gasteiger partial charge in [-0.3, -0.25) is 9.59 Å². The van der Waals surface area contributed by atoms with Crippen molar-refractivity contribution in [3.8, 4) is 0 Å². The molecule has 5 heteroatoms. The minimum atomic E-state index is -0.0958. The van der Waals surface area contributed by atoms with E-state index in [4.69, 9.17) is 0 Å². The van der Waals surface area contributed by atoms with Crippen molar-refractivity contribution in [1.82, 2.24) is 4.90 Å². The van der Waals surface area contributed by atoms with Gasteiger partial charge in [-0.25, -0.2) is 0 Å². The standard InChI is InChI=1S/C23H29N3O2/c1-17(2)20-8-4-5-9-21(20)25-22(27)16-24-19-12-10-18(11-13-19)23(28)26-14-6-3-7-15-26/h4-5,8-13,17,24H,3,6-7,14-16H2,1-2H3,(H,25,27). The number of benzene rings is 2. The van der Waals surface area contributed by atoms with E-state index >= 15 is 0 Å². The maximum Gasteiger partial charge on any atom is 0.253 e. The average molecular weight is 380 g/mol. The van der Waals surface area contributed by atoms with Gasteiger partial charge in [0.1, 0.15) is 0 Å². The summed E-state index contributed by atoms with van der Waals surface area (Å²) in [5, 5.41) is 6.09. The average Bonchev–Trinajstić information content (AvgIpc) is 2.73. The first-order chi connectivity index (χ1) is 13.5. The van der Waals surface area contributed by atoms with Crippen LogP contribution in [0.5, 0.6) is 0 Å². The summed E-state index contributed by atoms with van der Waals surface area (Å²) in [5.41, 5.74) is 3.49. The van der Waals surface area contributed by atoms with Crippen molar-refractivity contribution in [2.75, 3.05) is 30.3 Å². The summed E-state index contributed by atoms with van der Waals surface area (Å²) in [6.07, 6.45) is 3.37. The van der Waals surface area contributed by atoms with Gasteiger partial charge in [0.05, 0.1) is 6.54 Å². The Kier molecular flexibility index (Phi) is 6.69. The maximum absolute atomic E-state index is 12.5. The molecule has 0 unspecified atom stereocenters. The van der Waals surface area contributed by atoms with E-state index in [-0.39, 0.29) is 18.4 Å². The van der Waals surface area contributed by atoms with Gasteiger partial charge in [-0.05, 0) is 61.1 Å². The van der Waals surface area contributed by atoms with Crippen LogP contribution in [0.25, 0.3) is 0 Å². The van der Waals surface area contributed by atoms with Crippen molar-refractivity contribution in [3.63, 3.8) is 0 Å². The maximum atomic E-state index is 12.5. The minimum Gasteiger partial charge on any atom is -0.376 e. The lowest BCUT2D eigenvalue weighted by Gasteiger charge is -2.26. The molecule has 0 spiro atoms. The van der Waals surface area contributed by atoms with Gasteiger partial charge < -0.3 is 15.5 Å². The van der Waals surface area contributed by atoms with Crippen LogP contribution in [0.2, 0.25) is 0 Å². The van der Waals surface area contributed by atoms with Crippen molar-refractivity contribution >= 4 is 23.2 Å². The van der Waals surface area contributed by atoms with E-state index in [0.29, 0.717) is 11.5 Å². The number of carbonyl (C=O) groups is 2. The van der Waals surface area contributed by atoms with Crippen molar-refractivity contribution < 1.29 is 9.59 Å². The first kappa shape index (κ1) is 19.9. The Morgan fingerprint density at radius 1 is 0.964 bits per heavy atom. The number of amides is 2. The Labute approximate surface area is 167 Å². The highest BCUT2D eigenvalue weighted by molar-refractivity contribution is 5.95. The largest absolute Gasteiger partial charge is 0.376 e. The summed E-state index contributed by atoms with van der Waals surface area (Å²) in [7, 11) is 0. The van der Waals surface area contributed by atoms with Crippen LogP contribution in [0.1, 0.15) is 54.9 Å². The lowest BCUT2D eigenvalue weighted by atomic mass is 10.0. The summed E-state index contributed by atoms with van der Waals surface area (Å²) in [4.78, 5) is 26.7. The number of para-hydroxylation sites is 1. The molecule has 0 atom stereocenters.